The molecule has 0 heterocycles. The van der Waals surface area contributed by atoms with E-state index in [1.54, 1.807) is 25.7 Å². The van der Waals surface area contributed by atoms with Crippen molar-refractivity contribution in [1.82, 2.24) is 15.5 Å². The van der Waals surface area contributed by atoms with Crippen molar-refractivity contribution in [1.29, 1.82) is 0 Å². The lowest BCUT2D eigenvalue weighted by Gasteiger charge is -2.36. The van der Waals surface area contributed by atoms with Crippen molar-refractivity contribution in [2.75, 3.05) is 6.54 Å². The highest BCUT2D eigenvalue weighted by Crippen LogP contribution is 2.25. The van der Waals surface area contributed by atoms with Crippen LogP contribution in [0, 0.1) is 6.92 Å². The Morgan fingerprint density at radius 2 is 1.51 bits per heavy atom. The fourth-order valence-corrected chi connectivity index (χ4v) is 3.97. The molecule has 2 N–H and O–H groups in total. The SMILES string of the molecule is CCCN(C(=O)C(Cc1ccccc1)NC(=O)OC(C)(C)C)C(C(=O)NC(C)(C)C)c1ccc(C)cc1. The first kappa shape index (κ1) is 29.9. The van der Waals surface area contributed by atoms with Crippen LogP contribution in [0.5, 0.6) is 0 Å². The standard InChI is InChI=1S/C30H43N3O4/c1-9-19-33(25(26(34)32-29(3,4)5)23-17-15-21(2)16-18-23)27(35)24(20-22-13-11-10-12-14-22)31-28(36)37-30(6,7)8/h10-18,24-25H,9,19-20H2,1-8H3,(H,31,36)(H,32,34). The summed E-state index contributed by atoms with van der Waals surface area (Å²) in [7, 11) is 0. The normalized spacial score (nSPS) is 13.3. The average Bonchev–Trinajstić information content (AvgIpc) is 2.77. The second-order valence-electron chi connectivity index (χ2n) is 11.5. The monoisotopic (exact) mass is 509 g/mol. The van der Waals surface area contributed by atoms with Crippen LogP contribution in [0.15, 0.2) is 54.6 Å². The van der Waals surface area contributed by atoms with E-state index >= 15 is 0 Å². The molecule has 0 fully saturated rings. The lowest BCUT2D eigenvalue weighted by molar-refractivity contribution is -0.143. The van der Waals surface area contributed by atoms with E-state index in [-0.39, 0.29) is 18.2 Å². The fraction of sp³-hybridized carbons (Fsp3) is 0.500. The Bertz CT molecular complexity index is 1040. The molecule has 2 aromatic carbocycles. The van der Waals surface area contributed by atoms with Crippen LogP contribution in [0.1, 0.15) is 77.6 Å². The number of aryl methyl sites for hydroxylation is 1. The van der Waals surface area contributed by atoms with Gasteiger partial charge in [-0.3, -0.25) is 9.59 Å². The fourth-order valence-electron chi connectivity index (χ4n) is 3.97. The topological polar surface area (TPSA) is 87.7 Å². The summed E-state index contributed by atoms with van der Waals surface area (Å²) in [5.41, 5.74) is 1.45. The van der Waals surface area contributed by atoms with E-state index in [0.29, 0.717) is 18.5 Å². The van der Waals surface area contributed by atoms with Gasteiger partial charge < -0.3 is 20.3 Å². The van der Waals surface area contributed by atoms with Gasteiger partial charge in [-0.05, 0) is 66.0 Å². The zero-order valence-electron chi connectivity index (χ0n) is 23.6. The van der Waals surface area contributed by atoms with Crippen molar-refractivity contribution in [2.45, 2.75) is 91.5 Å². The molecule has 2 rings (SSSR count). The summed E-state index contributed by atoms with van der Waals surface area (Å²) in [4.78, 5) is 42.1. The molecule has 0 aliphatic carbocycles. The van der Waals surface area contributed by atoms with Crippen LogP contribution in [-0.2, 0) is 20.7 Å². The number of amides is 3. The average molecular weight is 510 g/mol. The summed E-state index contributed by atoms with van der Waals surface area (Å²) in [6.07, 6.45) is 0.228. The number of alkyl carbamates (subject to hydrolysis) is 1. The van der Waals surface area contributed by atoms with Crippen LogP contribution in [0.2, 0.25) is 0 Å². The maximum atomic E-state index is 14.2. The predicted molar refractivity (Wildman–Crippen MR) is 147 cm³/mol. The van der Waals surface area contributed by atoms with Gasteiger partial charge >= 0.3 is 6.09 Å². The number of hydrogen-bond acceptors (Lipinski definition) is 4. The molecule has 0 bridgehead atoms. The Kier molecular flexibility index (Phi) is 10.3. The van der Waals surface area contributed by atoms with Gasteiger partial charge in [0.15, 0.2) is 0 Å². The van der Waals surface area contributed by atoms with E-state index in [0.717, 1.165) is 11.1 Å². The number of nitrogens with one attached hydrogen (secondary N) is 2. The minimum absolute atomic E-state index is 0.265. The Morgan fingerprint density at radius 1 is 0.919 bits per heavy atom. The number of carbonyl (C=O) groups excluding carboxylic acids is 3. The van der Waals surface area contributed by atoms with Crippen molar-refractivity contribution in [3.8, 4) is 0 Å². The summed E-state index contributed by atoms with van der Waals surface area (Å²) in [6, 6.07) is 15.3. The highest BCUT2D eigenvalue weighted by molar-refractivity contribution is 5.92. The van der Waals surface area contributed by atoms with Crippen molar-refractivity contribution in [3.05, 3.63) is 71.3 Å². The van der Waals surface area contributed by atoms with Gasteiger partial charge in [0, 0.05) is 18.5 Å². The summed E-state index contributed by atoms with van der Waals surface area (Å²) >= 11 is 0. The van der Waals surface area contributed by atoms with Crippen molar-refractivity contribution < 1.29 is 19.1 Å². The van der Waals surface area contributed by atoms with Crippen LogP contribution >= 0.6 is 0 Å². The Hall–Kier alpha value is -3.35. The molecule has 2 aromatic rings. The van der Waals surface area contributed by atoms with E-state index < -0.39 is 29.3 Å². The molecule has 3 amide bonds. The molecule has 0 spiro atoms. The summed E-state index contributed by atoms with van der Waals surface area (Å²) < 4.78 is 5.47. The van der Waals surface area contributed by atoms with Gasteiger partial charge in [0.25, 0.3) is 0 Å². The van der Waals surface area contributed by atoms with Crippen LogP contribution in [0.4, 0.5) is 4.79 Å². The van der Waals surface area contributed by atoms with Crippen molar-refractivity contribution >= 4 is 17.9 Å². The smallest absolute Gasteiger partial charge is 0.408 e. The van der Waals surface area contributed by atoms with Gasteiger partial charge in [-0.1, -0.05) is 67.1 Å². The maximum Gasteiger partial charge on any atom is 0.408 e. The van der Waals surface area contributed by atoms with Crippen LogP contribution < -0.4 is 10.6 Å². The van der Waals surface area contributed by atoms with Crippen LogP contribution in [-0.4, -0.2) is 46.5 Å². The molecule has 7 heteroatoms. The minimum Gasteiger partial charge on any atom is -0.444 e. The van der Waals surface area contributed by atoms with Crippen LogP contribution in [0.3, 0.4) is 0 Å². The molecule has 7 nitrogen and oxygen atoms in total. The van der Waals surface area contributed by atoms with E-state index in [1.807, 2.05) is 89.2 Å². The largest absolute Gasteiger partial charge is 0.444 e. The van der Waals surface area contributed by atoms with Gasteiger partial charge in [0.1, 0.15) is 17.7 Å². The van der Waals surface area contributed by atoms with E-state index in [1.165, 1.54) is 0 Å². The van der Waals surface area contributed by atoms with Crippen LogP contribution in [0.25, 0.3) is 0 Å². The summed E-state index contributed by atoms with van der Waals surface area (Å²) in [5, 5.41) is 5.82. The number of rotatable bonds is 9. The molecule has 2 atom stereocenters. The molecule has 0 saturated heterocycles. The van der Waals surface area contributed by atoms with Gasteiger partial charge in [0.05, 0.1) is 0 Å². The zero-order valence-corrected chi connectivity index (χ0v) is 23.6. The quantitative estimate of drug-likeness (QED) is 0.479. The molecule has 2 unspecified atom stereocenters. The van der Waals surface area contributed by atoms with Gasteiger partial charge in [-0.25, -0.2) is 4.79 Å². The lowest BCUT2D eigenvalue weighted by Crippen LogP contribution is -2.55. The molecule has 37 heavy (non-hydrogen) atoms. The molecular formula is C30H43N3O4. The lowest BCUT2D eigenvalue weighted by atomic mass is 9.98. The Morgan fingerprint density at radius 3 is 2.03 bits per heavy atom. The van der Waals surface area contributed by atoms with Gasteiger partial charge in [-0.2, -0.15) is 0 Å². The second kappa shape index (κ2) is 12.7. The molecule has 0 aliphatic rings. The minimum atomic E-state index is -0.917. The first-order valence-electron chi connectivity index (χ1n) is 12.9. The third-order valence-electron chi connectivity index (χ3n) is 5.47. The number of nitrogens with zero attached hydrogens (tertiary/aromatic N) is 1. The molecule has 0 aromatic heterocycles. The van der Waals surface area contributed by atoms with Gasteiger partial charge in [-0.15, -0.1) is 0 Å². The van der Waals surface area contributed by atoms with Crippen molar-refractivity contribution in [2.24, 2.45) is 0 Å². The number of hydrogen-bond donors (Lipinski definition) is 2. The van der Waals surface area contributed by atoms with Gasteiger partial charge in [0.2, 0.25) is 11.8 Å². The van der Waals surface area contributed by atoms with E-state index in [2.05, 4.69) is 10.6 Å². The number of benzene rings is 2. The van der Waals surface area contributed by atoms with E-state index in [9.17, 15) is 14.4 Å². The first-order chi connectivity index (χ1) is 17.2. The molecule has 0 radical (unpaired) electrons. The Balaban J connectivity index is 2.51. The van der Waals surface area contributed by atoms with E-state index in [4.69, 9.17) is 4.74 Å². The molecular weight excluding hydrogens is 466 g/mol. The summed E-state index contributed by atoms with van der Waals surface area (Å²) in [5.74, 6) is -0.611. The summed E-state index contributed by atoms with van der Waals surface area (Å²) in [6.45, 7) is 15.3. The third-order valence-corrected chi connectivity index (χ3v) is 5.47. The zero-order chi connectivity index (χ0) is 27.8. The third kappa shape index (κ3) is 9.90. The molecule has 0 aliphatic heterocycles. The number of carbonyl (C=O) groups is 3. The maximum absolute atomic E-state index is 14.2. The highest BCUT2D eigenvalue weighted by atomic mass is 16.6. The van der Waals surface area contributed by atoms with Crippen molar-refractivity contribution in [3.63, 3.8) is 0 Å². The first-order valence-corrected chi connectivity index (χ1v) is 12.9. The molecule has 202 valence electrons. The molecule has 0 saturated carbocycles. The highest BCUT2D eigenvalue weighted by Gasteiger charge is 2.37. The predicted octanol–water partition coefficient (Wildman–Crippen LogP) is 5.33. The number of ether oxygens (including phenoxy) is 1. The Labute approximate surface area is 222 Å². The second-order valence-corrected chi connectivity index (χ2v) is 11.5.